The van der Waals surface area contributed by atoms with Crippen molar-refractivity contribution in [2.75, 3.05) is 14.2 Å². The first kappa shape index (κ1) is 17.0. The lowest BCUT2D eigenvalue weighted by Crippen LogP contribution is -2.53. The highest BCUT2D eigenvalue weighted by Gasteiger charge is 2.64. The molecule has 136 valence electrons. The van der Waals surface area contributed by atoms with E-state index in [2.05, 4.69) is 43.1 Å². The van der Waals surface area contributed by atoms with Crippen LogP contribution in [0.25, 0.3) is 0 Å². The Morgan fingerprint density at radius 1 is 1.20 bits per heavy atom. The van der Waals surface area contributed by atoms with E-state index in [-0.39, 0.29) is 42.1 Å². The third-order valence-corrected chi connectivity index (χ3v) is 6.15. The number of nitrogens with zero attached hydrogens (tertiary/aromatic N) is 1. The van der Waals surface area contributed by atoms with Crippen LogP contribution in [0, 0.1) is 12.8 Å². The number of carbonyl (C=O) groups is 1. The Morgan fingerprint density at radius 2 is 1.84 bits per heavy atom. The van der Waals surface area contributed by atoms with Crippen LogP contribution in [-0.4, -0.2) is 55.1 Å². The second-order valence-electron chi connectivity index (χ2n) is 8.09. The summed E-state index contributed by atoms with van der Waals surface area (Å²) in [5.74, 6) is -0.874. The van der Waals surface area contributed by atoms with Crippen molar-refractivity contribution in [1.29, 1.82) is 0 Å². The van der Waals surface area contributed by atoms with Crippen LogP contribution >= 0.6 is 0 Å². The zero-order valence-electron chi connectivity index (χ0n) is 15.6. The van der Waals surface area contributed by atoms with E-state index in [1.165, 1.54) is 18.2 Å². The summed E-state index contributed by atoms with van der Waals surface area (Å²) < 4.78 is 17.6. The molecule has 3 aliphatic heterocycles. The molecule has 3 saturated heterocycles. The van der Waals surface area contributed by atoms with Gasteiger partial charge in [0.05, 0.1) is 19.1 Å². The minimum absolute atomic E-state index is 0.00704. The van der Waals surface area contributed by atoms with Crippen LogP contribution in [0.1, 0.15) is 37.3 Å². The molecular formula is C20H27NO4. The number of likely N-dealkylation sites (N-methyl/N-ethyl adjacent to an activating group) is 1. The van der Waals surface area contributed by atoms with Crippen LogP contribution in [-0.2, 0) is 19.0 Å². The summed E-state index contributed by atoms with van der Waals surface area (Å²) in [4.78, 5) is 15.0. The van der Waals surface area contributed by atoms with E-state index < -0.39 is 5.79 Å². The van der Waals surface area contributed by atoms with Gasteiger partial charge in [0.2, 0.25) is 0 Å². The largest absolute Gasteiger partial charge is 0.469 e. The van der Waals surface area contributed by atoms with Crippen molar-refractivity contribution in [2.45, 2.75) is 63.2 Å². The Kier molecular flexibility index (Phi) is 3.94. The van der Waals surface area contributed by atoms with Gasteiger partial charge < -0.3 is 14.2 Å². The van der Waals surface area contributed by atoms with Gasteiger partial charge >= 0.3 is 5.97 Å². The van der Waals surface area contributed by atoms with Gasteiger partial charge in [-0.1, -0.05) is 29.8 Å². The molecule has 0 aliphatic carbocycles. The molecule has 0 aromatic heterocycles. The van der Waals surface area contributed by atoms with Crippen LogP contribution in [0.3, 0.4) is 0 Å². The summed E-state index contributed by atoms with van der Waals surface area (Å²) in [5.41, 5.74) is 2.42. The van der Waals surface area contributed by atoms with Gasteiger partial charge in [-0.2, -0.15) is 0 Å². The van der Waals surface area contributed by atoms with Crippen LogP contribution in [0.15, 0.2) is 24.3 Å². The Labute approximate surface area is 149 Å². The zero-order chi connectivity index (χ0) is 17.9. The molecule has 0 spiro atoms. The minimum atomic E-state index is -0.593. The van der Waals surface area contributed by atoms with E-state index >= 15 is 0 Å². The molecule has 5 nitrogen and oxygen atoms in total. The fourth-order valence-corrected chi connectivity index (χ4v) is 5.06. The molecule has 0 saturated carbocycles. The molecule has 4 rings (SSSR count). The monoisotopic (exact) mass is 345 g/mol. The summed E-state index contributed by atoms with van der Waals surface area (Å²) in [6.07, 6.45) is 0.785. The van der Waals surface area contributed by atoms with E-state index in [1.54, 1.807) is 0 Å². The summed E-state index contributed by atoms with van der Waals surface area (Å²) in [6.45, 7) is 5.98. The highest BCUT2D eigenvalue weighted by Crippen LogP contribution is 2.52. The molecule has 2 bridgehead atoms. The van der Waals surface area contributed by atoms with Gasteiger partial charge in [-0.25, -0.2) is 0 Å². The maximum atomic E-state index is 12.8. The van der Waals surface area contributed by atoms with E-state index in [9.17, 15) is 4.79 Å². The van der Waals surface area contributed by atoms with Gasteiger partial charge in [0.1, 0.15) is 12.2 Å². The lowest BCUT2D eigenvalue weighted by molar-refractivity contribution is -0.181. The quantitative estimate of drug-likeness (QED) is 0.771. The number of methoxy groups -OCH3 is 1. The molecular weight excluding hydrogens is 318 g/mol. The maximum absolute atomic E-state index is 12.8. The Balaban J connectivity index is 1.74. The first-order chi connectivity index (χ1) is 11.8. The van der Waals surface area contributed by atoms with E-state index in [0.29, 0.717) is 0 Å². The average molecular weight is 345 g/mol. The minimum Gasteiger partial charge on any atom is -0.469 e. The zero-order valence-corrected chi connectivity index (χ0v) is 15.6. The number of esters is 1. The normalized spacial score (nSPS) is 39.2. The van der Waals surface area contributed by atoms with Crippen molar-refractivity contribution in [3.63, 3.8) is 0 Å². The fourth-order valence-electron chi connectivity index (χ4n) is 5.06. The van der Waals surface area contributed by atoms with Crippen molar-refractivity contribution >= 4 is 5.97 Å². The van der Waals surface area contributed by atoms with Crippen molar-refractivity contribution in [3.8, 4) is 0 Å². The maximum Gasteiger partial charge on any atom is 0.310 e. The lowest BCUT2D eigenvalue weighted by atomic mass is 9.75. The van der Waals surface area contributed by atoms with Crippen LogP contribution in [0.5, 0.6) is 0 Å². The lowest BCUT2D eigenvalue weighted by Gasteiger charge is -2.43. The second kappa shape index (κ2) is 5.79. The molecule has 0 radical (unpaired) electrons. The van der Waals surface area contributed by atoms with Gasteiger partial charge in [0.15, 0.2) is 5.79 Å². The number of benzene rings is 1. The van der Waals surface area contributed by atoms with Gasteiger partial charge in [0.25, 0.3) is 0 Å². The van der Waals surface area contributed by atoms with Gasteiger partial charge in [-0.15, -0.1) is 0 Å². The summed E-state index contributed by atoms with van der Waals surface area (Å²) in [6, 6.07) is 8.74. The number of ether oxygens (including phenoxy) is 3. The molecule has 3 aliphatic rings. The van der Waals surface area contributed by atoms with Crippen molar-refractivity contribution in [2.24, 2.45) is 5.92 Å². The molecule has 1 aromatic rings. The summed E-state index contributed by atoms with van der Waals surface area (Å²) in [5, 5.41) is 0. The van der Waals surface area contributed by atoms with Crippen LogP contribution in [0.4, 0.5) is 0 Å². The predicted octanol–water partition coefficient (Wildman–Crippen LogP) is 2.47. The third kappa shape index (κ3) is 2.60. The van der Waals surface area contributed by atoms with E-state index in [1.807, 2.05) is 13.8 Å². The van der Waals surface area contributed by atoms with Gasteiger partial charge in [0, 0.05) is 12.0 Å². The molecule has 0 N–H and O–H groups in total. The van der Waals surface area contributed by atoms with Gasteiger partial charge in [-0.3, -0.25) is 9.69 Å². The molecule has 0 amide bonds. The van der Waals surface area contributed by atoms with Crippen LogP contribution < -0.4 is 0 Å². The van der Waals surface area contributed by atoms with Crippen molar-refractivity contribution < 1.29 is 19.0 Å². The summed E-state index contributed by atoms with van der Waals surface area (Å²) >= 11 is 0. The standard InChI is InChI=1S/C20H27NO4/c1-11-6-8-12(9-7-11)13-10-14-17-18(25-20(2,3)24-17)16(21(14)4)15(13)19(22)23-5/h6-9,13-18H,10H2,1-5H3/t13-,14+,15-,16-,17+,18-/m0/s1. The number of piperidine rings is 1. The molecule has 3 heterocycles. The predicted molar refractivity (Wildman–Crippen MR) is 93.2 cm³/mol. The molecule has 5 heteroatoms. The number of aryl methyl sites for hydroxylation is 1. The highest BCUT2D eigenvalue weighted by molar-refractivity contribution is 5.75. The fraction of sp³-hybridized carbons (Fsp3) is 0.650. The molecule has 0 unspecified atom stereocenters. The smallest absolute Gasteiger partial charge is 0.310 e. The van der Waals surface area contributed by atoms with Crippen molar-refractivity contribution in [1.82, 2.24) is 4.90 Å². The van der Waals surface area contributed by atoms with E-state index in [0.717, 1.165) is 6.42 Å². The topological polar surface area (TPSA) is 48.0 Å². The SMILES string of the molecule is COC(=O)[C@@H]1[C@H]2[C@@H]3OC(C)(C)O[C@@H]3[C@@H](C[C@H]1c1ccc(C)cc1)N2C. The first-order valence-corrected chi connectivity index (χ1v) is 9.04. The third-order valence-electron chi connectivity index (χ3n) is 6.15. The number of fused-ring (bicyclic) bond motifs is 5. The molecule has 6 atom stereocenters. The highest BCUT2D eigenvalue weighted by atomic mass is 16.8. The first-order valence-electron chi connectivity index (χ1n) is 9.04. The number of hydrogen-bond acceptors (Lipinski definition) is 5. The van der Waals surface area contributed by atoms with Crippen LogP contribution in [0.2, 0.25) is 0 Å². The number of rotatable bonds is 2. The Morgan fingerprint density at radius 3 is 2.48 bits per heavy atom. The summed E-state index contributed by atoms with van der Waals surface area (Å²) in [7, 11) is 3.55. The number of hydrogen-bond donors (Lipinski definition) is 0. The molecule has 25 heavy (non-hydrogen) atoms. The van der Waals surface area contributed by atoms with Crippen molar-refractivity contribution in [3.05, 3.63) is 35.4 Å². The molecule has 1 aromatic carbocycles. The van der Waals surface area contributed by atoms with E-state index in [4.69, 9.17) is 14.2 Å². The average Bonchev–Trinajstić information content (AvgIpc) is 2.95. The Bertz CT molecular complexity index is 671. The Hall–Kier alpha value is -1.43. The molecule has 3 fully saturated rings. The second-order valence-corrected chi connectivity index (χ2v) is 8.09. The number of carbonyl (C=O) groups excluding carboxylic acids is 1. The van der Waals surface area contributed by atoms with Gasteiger partial charge in [-0.05, 0) is 39.8 Å².